The number of benzene rings is 2. The van der Waals surface area contributed by atoms with E-state index in [2.05, 4.69) is 29.2 Å². The van der Waals surface area contributed by atoms with Crippen LogP contribution in [0.1, 0.15) is 43.2 Å². The summed E-state index contributed by atoms with van der Waals surface area (Å²) in [6.07, 6.45) is 3.21. The quantitative estimate of drug-likeness (QED) is 0.313. The van der Waals surface area contributed by atoms with E-state index in [1.807, 2.05) is 35.2 Å². The van der Waals surface area contributed by atoms with Gasteiger partial charge >= 0.3 is 12.1 Å². The number of rotatable bonds is 7. The first-order valence-corrected chi connectivity index (χ1v) is 15.4. The van der Waals surface area contributed by atoms with E-state index in [1.165, 1.54) is 0 Å². The van der Waals surface area contributed by atoms with E-state index >= 15 is 0 Å². The van der Waals surface area contributed by atoms with Crippen molar-refractivity contribution in [2.75, 3.05) is 45.6 Å². The average Bonchev–Trinajstić information content (AvgIpc) is 3.14. The van der Waals surface area contributed by atoms with Crippen LogP contribution in [-0.4, -0.2) is 101 Å². The van der Waals surface area contributed by atoms with Crippen LogP contribution in [0.5, 0.6) is 0 Å². The molecule has 0 aliphatic carbocycles. The number of quaternary nitrogens is 1. The normalized spacial score (nSPS) is 27.3. The predicted molar refractivity (Wildman–Crippen MR) is 164 cm³/mol. The number of fused-ring (bicyclic) bond motifs is 1. The Kier molecular flexibility index (Phi) is 9.16. The van der Waals surface area contributed by atoms with Gasteiger partial charge in [-0.25, -0.2) is 9.28 Å². The highest BCUT2D eigenvalue weighted by molar-refractivity contribution is 6.42. The SMILES string of the molecule is CN(C)C1CCN(C2(CC=O)CC(N3CCc4ccccc4NC3=O)CC[N@+]2(Cc2ccc(Cl)c(Cl)c2)C(=O)O)CC1. The molecule has 2 unspecified atom stereocenters. The van der Waals surface area contributed by atoms with Crippen molar-refractivity contribution in [3.8, 4) is 0 Å². The van der Waals surface area contributed by atoms with Gasteiger partial charge in [-0.1, -0.05) is 47.5 Å². The second kappa shape index (κ2) is 12.5. The molecule has 2 aromatic rings. The van der Waals surface area contributed by atoms with Gasteiger partial charge in [0.15, 0.2) is 5.66 Å². The van der Waals surface area contributed by atoms with Crippen LogP contribution in [0.25, 0.3) is 0 Å². The number of amides is 3. The summed E-state index contributed by atoms with van der Waals surface area (Å²) in [4.78, 5) is 46.0. The van der Waals surface area contributed by atoms with E-state index in [1.54, 1.807) is 12.1 Å². The van der Waals surface area contributed by atoms with Crippen LogP contribution in [0.2, 0.25) is 10.0 Å². The second-order valence-electron chi connectivity index (χ2n) is 12.1. The van der Waals surface area contributed by atoms with Gasteiger partial charge in [0.1, 0.15) is 12.8 Å². The summed E-state index contributed by atoms with van der Waals surface area (Å²) < 4.78 is -0.331. The number of likely N-dealkylation sites (tertiary alicyclic amines) is 2. The molecule has 2 aromatic carbocycles. The number of hydrogen-bond acceptors (Lipinski definition) is 5. The van der Waals surface area contributed by atoms with Crippen molar-refractivity contribution in [3.63, 3.8) is 0 Å². The Bertz CT molecular complexity index is 1330. The molecule has 0 saturated carbocycles. The van der Waals surface area contributed by atoms with Crippen molar-refractivity contribution in [1.82, 2.24) is 14.7 Å². The maximum atomic E-state index is 13.6. The minimum atomic E-state index is -1.06. The number of aldehydes is 1. The minimum Gasteiger partial charge on any atom is -0.435 e. The molecule has 9 nitrogen and oxygen atoms in total. The van der Waals surface area contributed by atoms with E-state index in [0.717, 1.165) is 35.9 Å². The van der Waals surface area contributed by atoms with Gasteiger partial charge in [0, 0.05) is 55.8 Å². The maximum Gasteiger partial charge on any atom is 0.515 e. The molecule has 226 valence electrons. The summed E-state index contributed by atoms with van der Waals surface area (Å²) in [5.74, 6) is 0. The summed E-state index contributed by atoms with van der Waals surface area (Å²) in [6, 6.07) is 13.0. The van der Waals surface area contributed by atoms with Gasteiger partial charge in [-0.15, -0.1) is 0 Å². The third-order valence-electron chi connectivity index (χ3n) is 9.78. The number of carboxylic acid groups (broad SMARTS) is 1. The number of halogens is 2. The summed E-state index contributed by atoms with van der Waals surface area (Å²) in [5, 5.41) is 14.9. The molecule has 0 aromatic heterocycles. The lowest BCUT2D eigenvalue weighted by Crippen LogP contribution is -2.78. The summed E-state index contributed by atoms with van der Waals surface area (Å²) in [5.41, 5.74) is 1.57. The van der Waals surface area contributed by atoms with Gasteiger partial charge in [0.25, 0.3) is 0 Å². The fourth-order valence-corrected chi connectivity index (χ4v) is 7.79. The van der Waals surface area contributed by atoms with E-state index in [4.69, 9.17) is 23.2 Å². The molecule has 0 spiro atoms. The van der Waals surface area contributed by atoms with E-state index in [9.17, 15) is 19.5 Å². The highest BCUT2D eigenvalue weighted by Gasteiger charge is 2.63. The molecule has 0 bridgehead atoms. The van der Waals surface area contributed by atoms with Gasteiger partial charge < -0.3 is 25.0 Å². The van der Waals surface area contributed by atoms with Crippen LogP contribution in [-0.2, 0) is 17.8 Å². The van der Waals surface area contributed by atoms with Gasteiger partial charge in [0.2, 0.25) is 0 Å². The van der Waals surface area contributed by atoms with Crippen molar-refractivity contribution in [3.05, 3.63) is 63.6 Å². The first kappa shape index (κ1) is 30.8. The fourth-order valence-electron chi connectivity index (χ4n) is 7.47. The highest BCUT2D eigenvalue weighted by Crippen LogP contribution is 2.46. The number of nitrogens with one attached hydrogen (secondary N) is 1. The summed E-state index contributed by atoms with van der Waals surface area (Å²) in [6.45, 7) is 2.26. The largest absolute Gasteiger partial charge is 0.515 e. The van der Waals surface area contributed by atoms with Crippen LogP contribution >= 0.6 is 23.2 Å². The van der Waals surface area contributed by atoms with Crippen LogP contribution in [0, 0.1) is 0 Å². The summed E-state index contributed by atoms with van der Waals surface area (Å²) in [7, 11) is 4.13. The third-order valence-corrected chi connectivity index (χ3v) is 10.5. The average molecular weight is 618 g/mol. The van der Waals surface area contributed by atoms with Crippen molar-refractivity contribution >= 4 is 47.3 Å². The molecular weight excluding hydrogens is 577 g/mol. The van der Waals surface area contributed by atoms with Crippen LogP contribution in [0.4, 0.5) is 15.3 Å². The molecule has 11 heteroatoms. The predicted octanol–water partition coefficient (Wildman–Crippen LogP) is 5.55. The molecule has 42 heavy (non-hydrogen) atoms. The van der Waals surface area contributed by atoms with Crippen molar-refractivity contribution in [1.29, 1.82) is 0 Å². The molecule has 3 heterocycles. The van der Waals surface area contributed by atoms with Crippen molar-refractivity contribution in [2.24, 2.45) is 0 Å². The van der Waals surface area contributed by atoms with Crippen LogP contribution in [0.15, 0.2) is 42.5 Å². The molecule has 3 aliphatic heterocycles. The Hall–Kier alpha value is -2.69. The van der Waals surface area contributed by atoms with E-state index in [-0.39, 0.29) is 36.1 Å². The molecule has 3 amide bonds. The number of nitrogens with zero attached hydrogens (tertiary/aromatic N) is 4. The number of carbonyl (C=O) groups is 3. The Balaban J connectivity index is 1.55. The molecule has 3 atom stereocenters. The van der Waals surface area contributed by atoms with Gasteiger partial charge in [0.05, 0.1) is 23.0 Å². The zero-order valence-corrected chi connectivity index (χ0v) is 25.8. The lowest BCUT2D eigenvalue weighted by molar-refractivity contribution is -0.942. The zero-order valence-electron chi connectivity index (χ0n) is 24.3. The first-order valence-electron chi connectivity index (χ1n) is 14.7. The molecule has 2 fully saturated rings. The van der Waals surface area contributed by atoms with E-state index < -0.39 is 11.8 Å². The number of piperidine rings is 2. The molecule has 2 N–H and O–H groups in total. The molecule has 3 aliphatic rings. The molecule has 5 rings (SSSR count). The van der Waals surface area contributed by atoms with Gasteiger partial charge in [-0.05, 0) is 57.1 Å². The van der Waals surface area contributed by atoms with Crippen molar-refractivity contribution < 1.29 is 24.0 Å². The standard InChI is InChI=1S/C31H39Cl2N5O4/c1-35(2)24-10-14-36(15-11-24)31(13-18-39)20-25(37-16-9-23-5-3-4-6-28(23)34-29(37)40)12-17-38(31,30(41)42)21-22-7-8-26(32)27(33)19-22/h3-8,18-19,24-25H,9-17,20-21H2,1-2H3,(H-,34,40,41,42)/p+1/t25?,31?,38-/m0/s1. The monoisotopic (exact) mass is 616 g/mol. The van der Waals surface area contributed by atoms with Gasteiger partial charge in [-0.3, -0.25) is 4.90 Å². The smallest absolute Gasteiger partial charge is 0.435 e. The molecule has 2 saturated heterocycles. The lowest BCUT2D eigenvalue weighted by atomic mass is 9.81. The third kappa shape index (κ3) is 5.65. The molecular formula is C31H40Cl2N5O4+. The first-order chi connectivity index (χ1) is 20.1. The summed E-state index contributed by atoms with van der Waals surface area (Å²) >= 11 is 12.6. The Labute approximate surface area is 257 Å². The second-order valence-corrected chi connectivity index (χ2v) is 12.9. The molecule has 0 radical (unpaired) electrons. The number of para-hydroxylation sites is 1. The minimum absolute atomic E-state index is 0.0411. The fraction of sp³-hybridized carbons (Fsp3) is 0.516. The Morgan fingerprint density at radius 1 is 1.12 bits per heavy atom. The number of anilines is 1. The topological polar surface area (TPSA) is 93.2 Å². The van der Waals surface area contributed by atoms with Crippen LogP contribution < -0.4 is 5.32 Å². The highest BCUT2D eigenvalue weighted by atomic mass is 35.5. The number of urea groups is 1. The van der Waals surface area contributed by atoms with Crippen LogP contribution in [0.3, 0.4) is 0 Å². The van der Waals surface area contributed by atoms with Gasteiger partial charge in [-0.2, -0.15) is 4.79 Å². The number of carbonyl (C=O) groups excluding carboxylic acids is 2. The van der Waals surface area contributed by atoms with Crippen molar-refractivity contribution in [2.45, 2.75) is 62.8 Å². The number of hydrogen-bond donors (Lipinski definition) is 2. The zero-order chi connectivity index (χ0) is 30.1. The van der Waals surface area contributed by atoms with E-state index in [0.29, 0.717) is 55.0 Å². The lowest BCUT2D eigenvalue weighted by Gasteiger charge is -2.59. The maximum absolute atomic E-state index is 13.6. The Morgan fingerprint density at radius 3 is 2.52 bits per heavy atom. The Morgan fingerprint density at radius 2 is 1.86 bits per heavy atom.